The van der Waals surface area contributed by atoms with E-state index in [2.05, 4.69) is 12.7 Å². The molecule has 0 aromatic heterocycles. The van der Waals surface area contributed by atoms with Gasteiger partial charge < -0.3 is 0 Å². The fourth-order valence-corrected chi connectivity index (χ4v) is 1.56. The Labute approximate surface area is 42.6 Å². The standard InChI is InChI=1S/C3H4N.Zr/c1-2-3-4;/h1-2H,3H2;. The number of hydrogen-bond acceptors (Lipinski definition) is 1. The van der Waals surface area contributed by atoms with E-state index in [1.807, 2.05) is 0 Å². The van der Waals surface area contributed by atoms with Crippen molar-refractivity contribution in [2.45, 2.75) is 0 Å². The molecule has 0 aromatic carbocycles. The Hall–Kier alpha value is 0.423. The van der Waals surface area contributed by atoms with Gasteiger partial charge in [0, 0.05) is 0 Å². The van der Waals surface area contributed by atoms with Crippen LogP contribution in [0.15, 0.2) is 12.7 Å². The first kappa shape index (κ1) is 3.61. The van der Waals surface area contributed by atoms with Gasteiger partial charge in [-0.25, -0.2) is 0 Å². The normalized spacial score (nSPS) is 16.0. The van der Waals surface area contributed by atoms with Crippen molar-refractivity contribution in [3.8, 4) is 0 Å². The number of hydrogen-bond donors (Lipinski definition) is 0. The SMILES string of the molecule is C1=[CH][Zr]=[N]C1. The Morgan fingerprint density at radius 1 is 1.80 bits per heavy atom. The van der Waals surface area contributed by atoms with E-state index in [9.17, 15) is 0 Å². The molecule has 0 saturated heterocycles. The van der Waals surface area contributed by atoms with Gasteiger partial charge in [-0.15, -0.1) is 0 Å². The van der Waals surface area contributed by atoms with Gasteiger partial charge in [0.25, 0.3) is 0 Å². The Morgan fingerprint density at radius 3 is 3.00 bits per heavy atom. The predicted molar refractivity (Wildman–Crippen MR) is 16.4 cm³/mol. The van der Waals surface area contributed by atoms with Crippen molar-refractivity contribution >= 4 is 0 Å². The molecule has 1 rings (SSSR count). The molecule has 0 spiro atoms. The van der Waals surface area contributed by atoms with Crippen LogP contribution in [0.1, 0.15) is 0 Å². The third-order valence-corrected chi connectivity index (χ3v) is 2.32. The van der Waals surface area contributed by atoms with Crippen LogP contribution in [-0.4, -0.2) is 6.54 Å². The average molecular weight is 145 g/mol. The fourth-order valence-electron chi connectivity index (χ4n) is 0.264. The molecule has 1 nitrogen and oxygen atoms in total. The second-order valence-electron chi connectivity index (χ2n) is 0.872. The Kier molecular flexibility index (Phi) is 1.27. The number of nitrogens with zero attached hydrogens (tertiary/aromatic N) is 1. The van der Waals surface area contributed by atoms with Gasteiger partial charge in [0.05, 0.1) is 0 Å². The van der Waals surface area contributed by atoms with Crippen molar-refractivity contribution in [3.63, 3.8) is 0 Å². The monoisotopic (exact) mass is 144 g/mol. The molecule has 1 aliphatic heterocycles. The minimum atomic E-state index is -0.227. The van der Waals surface area contributed by atoms with Crippen molar-refractivity contribution in [1.29, 1.82) is 0 Å². The summed E-state index contributed by atoms with van der Waals surface area (Å²) in [5.41, 5.74) is 0. The molecule has 0 saturated carbocycles. The third-order valence-electron chi connectivity index (χ3n) is 0.480. The molecule has 0 bridgehead atoms. The molecule has 0 fully saturated rings. The average Bonchev–Trinajstić information content (AvgIpc) is 1.76. The van der Waals surface area contributed by atoms with Crippen molar-refractivity contribution in [2.24, 2.45) is 2.87 Å². The molecule has 0 unspecified atom stereocenters. The van der Waals surface area contributed by atoms with Crippen LogP contribution in [-0.2, 0) is 23.1 Å². The molecule has 0 aromatic rings. The first-order valence-electron chi connectivity index (χ1n) is 1.57. The molecule has 2 heteroatoms. The van der Waals surface area contributed by atoms with E-state index in [4.69, 9.17) is 0 Å². The molecule has 0 radical (unpaired) electrons. The van der Waals surface area contributed by atoms with E-state index in [-0.39, 0.29) is 23.1 Å². The van der Waals surface area contributed by atoms with Gasteiger partial charge in [-0.05, 0) is 0 Å². The first-order valence-corrected chi connectivity index (χ1v) is 4.09. The molecular formula is C3H4NZr. The van der Waals surface area contributed by atoms with Gasteiger partial charge in [-0.1, -0.05) is 0 Å². The summed E-state index contributed by atoms with van der Waals surface area (Å²) >= 11 is -0.227. The molecule has 0 amide bonds. The number of rotatable bonds is 0. The fraction of sp³-hybridized carbons (Fsp3) is 0.333. The molecule has 1 heterocycles. The van der Waals surface area contributed by atoms with Crippen LogP contribution in [0.4, 0.5) is 0 Å². The second kappa shape index (κ2) is 1.76. The van der Waals surface area contributed by atoms with Gasteiger partial charge in [0.1, 0.15) is 0 Å². The minimum absolute atomic E-state index is 0.227. The molecule has 0 atom stereocenters. The van der Waals surface area contributed by atoms with Crippen LogP contribution in [0, 0.1) is 0 Å². The van der Waals surface area contributed by atoms with Gasteiger partial charge in [0.2, 0.25) is 0 Å². The van der Waals surface area contributed by atoms with E-state index in [0.29, 0.717) is 0 Å². The van der Waals surface area contributed by atoms with Crippen molar-refractivity contribution < 1.29 is 23.1 Å². The van der Waals surface area contributed by atoms with E-state index >= 15 is 0 Å². The van der Waals surface area contributed by atoms with Gasteiger partial charge in [-0.3, -0.25) is 0 Å². The van der Waals surface area contributed by atoms with E-state index in [1.165, 1.54) is 0 Å². The molecular weight excluding hydrogens is 141 g/mol. The summed E-state index contributed by atoms with van der Waals surface area (Å²) in [7, 11) is 0. The molecule has 5 heavy (non-hydrogen) atoms. The topological polar surface area (TPSA) is 12.4 Å². The van der Waals surface area contributed by atoms with Crippen molar-refractivity contribution in [1.82, 2.24) is 0 Å². The van der Waals surface area contributed by atoms with E-state index in [0.717, 1.165) is 6.54 Å². The van der Waals surface area contributed by atoms with Crippen molar-refractivity contribution in [3.05, 3.63) is 9.86 Å². The van der Waals surface area contributed by atoms with E-state index < -0.39 is 0 Å². The molecule has 0 aliphatic carbocycles. The zero-order valence-corrected chi connectivity index (χ0v) is 5.27. The van der Waals surface area contributed by atoms with Crippen LogP contribution in [0.3, 0.4) is 0 Å². The van der Waals surface area contributed by atoms with Crippen LogP contribution in [0.2, 0.25) is 0 Å². The molecule has 1 aliphatic rings. The maximum atomic E-state index is 4.14. The van der Waals surface area contributed by atoms with Crippen LogP contribution < -0.4 is 0 Å². The summed E-state index contributed by atoms with van der Waals surface area (Å²) in [5.74, 6) is 0. The summed E-state index contributed by atoms with van der Waals surface area (Å²) in [6.07, 6.45) is 2.14. The Bertz CT molecular complexity index is 65.0. The van der Waals surface area contributed by atoms with Gasteiger partial charge >= 0.3 is 42.3 Å². The molecule has 0 N–H and O–H groups in total. The Morgan fingerprint density at radius 2 is 2.80 bits per heavy atom. The third kappa shape index (κ3) is 0.883. The van der Waals surface area contributed by atoms with E-state index in [1.54, 1.807) is 0 Å². The van der Waals surface area contributed by atoms with Crippen LogP contribution >= 0.6 is 0 Å². The second-order valence-corrected chi connectivity index (χ2v) is 3.10. The first-order chi connectivity index (χ1) is 2.50. The summed E-state index contributed by atoms with van der Waals surface area (Å²) in [6, 6.07) is 0. The van der Waals surface area contributed by atoms with Crippen LogP contribution in [0.5, 0.6) is 0 Å². The quantitative estimate of drug-likeness (QED) is 0.478. The Balaban J connectivity index is 2.61. The zero-order valence-electron chi connectivity index (χ0n) is 2.81. The summed E-state index contributed by atoms with van der Waals surface area (Å²) < 4.78 is 6.38. The van der Waals surface area contributed by atoms with Gasteiger partial charge in [0.15, 0.2) is 0 Å². The zero-order chi connectivity index (χ0) is 3.54. The summed E-state index contributed by atoms with van der Waals surface area (Å²) in [5, 5.41) is 0. The predicted octanol–water partition coefficient (Wildman–Crippen LogP) is 0.780. The van der Waals surface area contributed by atoms with Gasteiger partial charge in [-0.2, -0.15) is 0 Å². The van der Waals surface area contributed by atoms with Crippen LogP contribution in [0.25, 0.3) is 0 Å². The summed E-state index contributed by atoms with van der Waals surface area (Å²) in [6.45, 7) is 1.02. The maximum absolute atomic E-state index is 4.14. The molecule has 25 valence electrons. The summed E-state index contributed by atoms with van der Waals surface area (Å²) in [4.78, 5) is 0. The van der Waals surface area contributed by atoms with Crippen molar-refractivity contribution in [2.75, 3.05) is 6.54 Å².